The van der Waals surface area contributed by atoms with Crippen LogP contribution in [0.3, 0.4) is 0 Å². The molecule has 1 heterocycles. The molecule has 0 aliphatic rings. The van der Waals surface area contributed by atoms with Gasteiger partial charge in [0.15, 0.2) is 18.1 Å². The third-order valence-electron chi connectivity index (χ3n) is 4.02. The molecule has 1 amide bonds. The number of anilines is 2. The number of nitrogens with two attached hydrogens (primary N) is 1. The SMILES string of the molecule is CCOc1cc(CNn2nnnc2N)c(Br)cc1OCC(=O)Nc1ccc(C)cc1. The zero-order valence-electron chi connectivity index (χ0n) is 16.6. The molecule has 0 atom stereocenters. The first-order valence-electron chi connectivity index (χ1n) is 9.18. The molecule has 3 aromatic rings. The van der Waals surface area contributed by atoms with Crippen LogP contribution in [-0.2, 0) is 11.3 Å². The molecule has 2 aromatic carbocycles. The van der Waals surface area contributed by atoms with Crippen LogP contribution in [0.2, 0.25) is 0 Å². The fourth-order valence-corrected chi connectivity index (χ4v) is 3.00. The fraction of sp³-hybridized carbons (Fsp3) is 0.263. The lowest BCUT2D eigenvalue weighted by Gasteiger charge is -2.15. The molecule has 30 heavy (non-hydrogen) atoms. The first kappa shape index (κ1) is 21.4. The van der Waals surface area contributed by atoms with Gasteiger partial charge in [-0.1, -0.05) is 38.7 Å². The first-order valence-corrected chi connectivity index (χ1v) is 9.98. The van der Waals surface area contributed by atoms with Crippen LogP contribution >= 0.6 is 15.9 Å². The van der Waals surface area contributed by atoms with Crippen LogP contribution in [0.15, 0.2) is 40.9 Å². The van der Waals surface area contributed by atoms with E-state index in [0.717, 1.165) is 15.6 Å². The highest BCUT2D eigenvalue weighted by Gasteiger charge is 2.13. The number of nitrogen functional groups attached to an aromatic ring is 1. The molecule has 0 saturated carbocycles. The van der Waals surface area contributed by atoms with Gasteiger partial charge in [0.2, 0.25) is 0 Å². The molecule has 0 unspecified atom stereocenters. The second kappa shape index (κ2) is 9.92. The summed E-state index contributed by atoms with van der Waals surface area (Å²) in [5.41, 5.74) is 11.3. The Kier molecular flexibility index (Phi) is 7.07. The van der Waals surface area contributed by atoms with Crippen molar-refractivity contribution in [2.24, 2.45) is 0 Å². The van der Waals surface area contributed by atoms with Crippen LogP contribution in [0.4, 0.5) is 11.6 Å². The van der Waals surface area contributed by atoms with Gasteiger partial charge in [0.05, 0.1) is 13.2 Å². The summed E-state index contributed by atoms with van der Waals surface area (Å²) >= 11 is 3.51. The number of nitrogens with zero attached hydrogens (tertiary/aromatic N) is 4. The average molecular weight is 476 g/mol. The number of amides is 1. The van der Waals surface area contributed by atoms with Gasteiger partial charge in [-0.2, -0.15) is 0 Å². The molecule has 158 valence electrons. The van der Waals surface area contributed by atoms with Crippen LogP contribution in [0.5, 0.6) is 11.5 Å². The van der Waals surface area contributed by atoms with E-state index in [2.05, 4.69) is 42.2 Å². The predicted molar refractivity (Wildman–Crippen MR) is 116 cm³/mol. The zero-order valence-corrected chi connectivity index (χ0v) is 18.1. The number of hydrogen-bond donors (Lipinski definition) is 3. The van der Waals surface area contributed by atoms with Gasteiger partial charge in [0, 0.05) is 10.2 Å². The summed E-state index contributed by atoms with van der Waals surface area (Å²) in [7, 11) is 0. The molecule has 0 bridgehead atoms. The van der Waals surface area contributed by atoms with Gasteiger partial charge < -0.3 is 25.9 Å². The van der Waals surface area contributed by atoms with Crippen LogP contribution in [0.25, 0.3) is 0 Å². The van der Waals surface area contributed by atoms with Gasteiger partial charge in [-0.15, -0.1) is 4.79 Å². The maximum absolute atomic E-state index is 12.2. The molecule has 0 spiro atoms. The van der Waals surface area contributed by atoms with Gasteiger partial charge in [0.1, 0.15) is 0 Å². The van der Waals surface area contributed by atoms with Crippen molar-refractivity contribution in [2.45, 2.75) is 20.4 Å². The minimum Gasteiger partial charge on any atom is -0.490 e. The standard InChI is InChI=1S/C19H22BrN7O3/c1-3-29-16-8-13(10-22-27-19(21)24-25-26-27)15(20)9-17(16)30-11-18(28)23-14-6-4-12(2)5-7-14/h4-9,22H,3,10-11H2,1-2H3,(H,23,28)(H2,21,24,26). The Hall–Kier alpha value is -3.34. The van der Waals surface area contributed by atoms with Crippen molar-refractivity contribution < 1.29 is 14.3 Å². The number of hydrogen-bond acceptors (Lipinski definition) is 8. The zero-order chi connectivity index (χ0) is 21.5. The van der Waals surface area contributed by atoms with Crippen LogP contribution < -0.4 is 25.9 Å². The van der Waals surface area contributed by atoms with Gasteiger partial charge in [-0.05, 0) is 54.1 Å². The molecular weight excluding hydrogens is 454 g/mol. The number of rotatable bonds is 9. The molecule has 0 aliphatic heterocycles. The maximum atomic E-state index is 12.2. The van der Waals surface area contributed by atoms with E-state index in [9.17, 15) is 4.79 Å². The molecule has 10 nitrogen and oxygen atoms in total. The van der Waals surface area contributed by atoms with Crippen molar-refractivity contribution in [1.29, 1.82) is 0 Å². The highest BCUT2D eigenvalue weighted by atomic mass is 79.9. The van der Waals surface area contributed by atoms with Crippen molar-refractivity contribution in [3.8, 4) is 11.5 Å². The number of halogens is 1. The van der Waals surface area contributed by atoms with Crippen molar-refractivity contribution >= 4 is 33.5 Å². The minimum absolute atomic E-state index is 0.149. The molecule has 1 aromatic heterocycles. The number of carbonyl (C=O) groups excluding carboxylic acids is 1. The summed E-state index contributed by atoms with van der Waals surface area (Å²) in [4.78, 5) is 13.5. The molecule has 11 heteroatoms. The summed E-state index contributed by atoms with van der Waals surface area (Å²) < 4.78 is 12.2. The summed E-state index contributed by atoms with van der Waals surface area (Å²) in [6.45, 7) is 4.53. The Morgan fingerprint density at radius 1 is 1.20 bits per heavy atom. The summed E-state index contributed by atoms with van der Waals surface area (Å²) in [5, 5.41) is 13.6. The third-order valence-corrected chi connectivity index (χ3v) is 4.76. The van der Waals surface area contributed by atoms with E-state index in [1.165, 1.54) is 4.79 Å². The second-order valence-corrected chi connectivity index (χ2v) is 7.16. The van der Waals surface area contributed by atoms with Crippen molar-refractivity contribution in [2.75, 3.05) is 29.7 Å². The number of carbonyl (C=O) groups is 1. The minimum atomic E-state index is -0.266. The van der Waals surface area contributed by atoms with Crippen LogP contribution in [0, 0.1) is 6.92 Å². The normalized spacial score (nSPS) is 10.5. The predicted octanol–water partition coefficient (Wildman–Crippen LogP) is 2.49. The Morgan fingerprint density at radius 2 is 1.93 bits per heavy atom. The molecule has 3 rings (SSSR count). The summed E-state index contributed by atoms with van der Waals surface area (Å²) in [5.74, 6) is 0.854. The molecular formula is C19H22BrN7O3. The highest BCUT2D eigenvalue weighted by molar-refractivity contribution is 9.10. The van der Waals surface area contributed by atoms with Crippen molar-refractivity contribution in [3.05, 3.63) is 52.0 Å². The lowest BCUT2D eigenvalue weighted by Crippen LogP contribution is -2.20. The van der Waals surface area contributed by atoms with Crippen LogP contribution in [-0.4, -0.2) is 39.4 Å². The van der Waals surface area contributed by atoms with Gasteiger partial charge >= 0.3 is 0 Å². The van der Waals surface area contributed by atoms with Crippen molar-refractivity contribution in [1.82, 2.24) is 20.3 Å². The molecule has 0 radical (unpaired) electrons. The fourth-order valence-electron chi connectivity index (χ4n) is 2.54. The number of nitrogens with one attached hydrogen (secondary N) is 2. The van der Waals surface area contributed by atoms with Gasteiger partial charge in [-0.25, -0.2) is 0 Å². The quantitative estimate of drug-likeness (QED) is 0.430. The number of aryl methyl sites for hydroxylation is 1. The number of benzene rings is 2. The summed E-state index contributed by atoms with van der Waals surface area (Å²) in [6, 6.07) is 11.1. The average Bonchev–Trinajstić information content (AvgIpc) is 3.13. The highest BCUT2D eigenvalue weighted by Crippen LogP contribution is 2.34. The maximum Gasteiger partial charge on any atom is 0.262 e. The second-order valence-electron chi connectivity index (χ2n) is 6.31. The Morgan fingerprint density at radius 3 is 2.60 bits per heavy atom. The van der Waals surface area contributed by atoms with Gasteiger partial charge in [0.25, 0.3) is 11.9 Å². The van der Waals surface area contributed by atoms with E-state index in [1.54, 1.807) is 6.07 Å². The molecule has 4 N–H and O–H groups in total. The van der Waals surface area contributed by atoms with E-state index >= 15 is 0 Å². The van der Waals surface area contributed by atoms with E-state index in [-0.39, 0.29) is 18.5 Å². The molecule has 0 fully saturated rings. The number of tetrazole rings is 1. The van der Waals surface area contributed by atoms with Crippen LogP contribution in [0.1, 0.15) is 18.1 Å². The van der Waals surface area contributed by atoms with Crippen molar-refractivity contribution in [3.63, 3.8) is 0 Å². The molecule has 0 aliphatic carbocycles. The van der Waals surface area contributed by atoms with E-state index in [4.69, 9.17) is 15.2 Å². The first-order chi connectivity index (χ1) is 14.5. The lowest BCUT2D eigenvalue weighted by molar-refractivity contribution is -0.118. The lowest BCUT2D eigenvalue weighted by atomic mass is 10.2. The smallest absolute Gasteiger partial charge is 0.262 e. The molecule has 0 saturated heterocycles. The third kappa shape index (κ3) is 5.60. The monoisotopic (exact) mass is 475 g/mol. The van der Waals surface area contributed by atoms with E-state index in [0.29, 0.717) is 30.3 Å². The summed E-state index contributed by atoms with van der Waals surface area (Å²) in [6.07, 6.45) is 0. The Labute approximate surface area is 181 Å². The van der Waals surface area contributed by atoms with E-state index in [1.807, 2.05) is 44.2 Å². The topological polar surface area (TPSA) is 129 Å². The van der Waals surface area contributed by atoms with Gasteiger partial charge in [-0.3, -0.25) is 4.79 Å². The number of aromatic nitrogens is 4. The Balaban J connectivity index is 1.66. The number of ether oxygens (including phenoxy) is 2. The Bertz CT molecular complexity index is 1010. The van der Waals surface area contributed by atoms with E-state index < -0.39 is 0 Å². The largest absolute Gasteiger partial charge is 0.490 e.